The number of halogens is 1. The molecule has 1 unspecified atom stereocenters. The Morgan fingerprint density at radius 1 is 1.00 bits per heavy atom. The van der Waals surface area contributed by atoms with Gasteiger partial charge in [0.1, 0.15) is 16.4 Å². The Kier molecular flexibility index (Phi) is 12.1. The van der Waals surface area contributed by atoms with Crippen molar-refractivity contribution >= 4 is 62.0 Å². The summed E-state index contributed by atoms with van der Waals surface area (Å²) in [6.45, 7) is 2.28. The van der Waals surface area contributed by atoms with Crippen LogP contribution in [0.2, 0.25) is 5.02 Å². The first-order valence-electron chi connectivity index (χ1n) is 17.8. The molecule has 2 aromatic heterocycles. The van der Waals surface area contributed by atoms with Crippen molar-refractivity contribution in [2.24, 2.45) is 0 Å². The fourth-order valence-electron chi connectivity index (χ4n) is 6.66. The standard InChI is InChI=1S/C37H42ClN7O7S/c1-23-19-28(13-15-31(23)42-37-40-21-25-20-30(38)36(49)45(34(25)44-37)26-7-3-4-8-26)53(50,51)41-18-6-2-5-17-39-33(47)22-52-27-11-9-24(10-12-27)29-14-16-32(46)43-35(29)48/h9-13,15,19-21,26,29,41H,2-8,14,16-18,22H2,1H3,(H,39,47)(H,40,42,44)(H,43,46,48). The Hall–Kier alpha value is -4.86. The van der Waals surface area contributed by atoms with Crippen molar-refractivity contribution in [3.63, 3.8) is 0 Å². The maximum atomic E-state index is 13.0. The van der Waals surface area contributed by atoms with Crippen LogP contribution in [0.5, 0.6) is 5.75 Å². The summed E-state index contributed by atoms with van der Waals surface area (Å²) in [5.41, 5.74) is 2.32. The number of aromatic nitrogens is 3. The predicted molar refractivity (Wildman–Crippen MR) is 200 cm³/mol. The molecular formula is C37H42ClN7O7S. The molecule has 1 aliphatic heterocycles. The minimum Gasteiger partial charge on any atom is -0.484 e. The first kappa shape index (κ1) is 37.9. The quantitative estimate of drug-likeness (QED) is 0.0969. The molecule has 6 rings (SSSR count). The SMILES string of the molecule is Cc1cc(S(=O)(=O)NCCCCCNC(=O)COc2ccc(C3CCC(=O)NC3=O)cc2)ccc1Nc1ncc2cc(Cl)c(=O)n(C3CCCC3)c2n1. The molecule has 0 spiro atoms. The number of anilines is 2. The number of aryl methyl sites for hydroxylation is 1. The third-order valence-electron chi connectivity index (χ3n) is 9.53. The zero-order valence-electron chi connectivity index (χ0n) is 29.3. The van der Waals surface area contributed by atoms with E-state index in [0.717, 1.165) is 31.2 Å². The first-order chi connectivity index (χ1) is 25.5. The van der Waals surface area contributed by atoms with Crippen molar-refractivity contribution in [1.29, 1.82) is 0 Å². The zero-order chi connectivity index (χ0) is 37.5. The Labute approximate surface area is 312 Å². The molecule has 16 heteroatoms. The third kappa shape index (κ3) is 9.39. The number of sulfonamides is 1. The van der Waals surface area contributed by atoms with Crippen LogP contribution in [0.4, 0.5) is 11.6 Å². The summed E-state index contributed by atoms with van der Waals surface area (Å²) in [7, 11) is -3.76. The minimum absolute atomic E-state index is 0.0317. The van der Waals surface area contributed by atoms with Crippen molar-refractivity contribution in [2.45, 2.75) is 81.6 Å². The number of rotatable bonds is 15. The smallest absolute Gasteiger partial charge is 0.271 e. The molecule has 280 valence electrons. The van der Waals surface area contributed by atoms with Gasteiger partial charge in [0.25, 0.3) is 11.5 Å². The van der Waals surface area contributed by atoms with Gasteiger partial charge in [0, 0.05) is 42.8 Å². The molecule has 53 heavy (non-hydrogen) atoms. The number of piperidine rings is 1. The van der Waals surface area contributed by atoms with E-state index in [1.165, 1.54) is 6.07 Å². The molecule has 3 amide bonds. The lowest BCUT2D eigenvalue weighted by Gasteiger charge is -2.21. The molecule has 1 saturated carbocycles. The number of carbonyl (C=O) groups is 3. The molecule has 4 N–H and O–H groups in total. The van der Waals surface area contributed by atoms with Crippen molar-refractivity contribution in [3.05, 3.63) is 81.2 Å². The third-order valence-corrected chi connectivity index (χ3v) is 11.3. The van der Waals surface area contributed by atoms with Crippen LogP contribution in [0.15, 0.2) is 64.4 Å². The van der Waals surface area contributed by atoms with Crippen LogP contribution in [-0.4, -0.2) is 60.4 Å². The number of ether oxygens (including phenoxy) is 1. The highest BCUT2D eigenvalue weighted by Crippen LogP contribution is 2.32. The number of fused-ring (bicyclic) bond motifs is 1. The number of nitrogens with zero attached hydrogens (tertiary/aromatic N) is 3. The van der Waals surface area contributed by atoms with Crippen LogP contribution >= 0.6 is 11.6 Å². The highest BCUT2D eigenvalue weighted by atomic mass is 35.5. The lowest BCUT2D eigenvalue weighted by molar-refractivity contribution is -0.134. The Morgan fingerprint density at radius 3 is 2.49 bits per heavy atom. The zero-order valence-corrected chi connectivity index (χ0v) is 30.9. The lowest BCUT2D eigenvalue weighted by atomic mass is 9.90. The van der Waals surface area contributed by atoms with E-state index >= 15 is 0 Å². The van der Waals surface area contributed by atoms with Crippen molar-refractivity contribution in [1.82, 2.24) is 29.9 Å². The summed E-state index contributed by atoms with van der Waals surface area (Å²) in [5, 5.41) is 9.11. The van der Waals surface area contributed by atoms with E-state index in [1.807, 2.05) is 0 Å². The van der Waals surface area contributed by atoms with E-state index in [9.17, 15) is 27.6 Å². The van der Waals surface area contributed by atoms with Gasteiger partial charge in [0.05, 0.1) is 10.8 Å². The predicted octanol–water partition coefficient (Wildman–Crippen LogP) is 4.78. The van der Waals surface area contributed by atoms with Gasteiger partial charge in [-0.05, 0) is 86.6 Å². The summed E-state index contributed by atoms with van der Waals surface area (Å²) in [5.74, 6) is -0.470. The Balaban J connectivity index is 0.918. The van der Waals surface area contributed by atoms with Crippen LogP contribution in [0, 0.1) is 6.92 Å². The lowest BCUT2D eigenvalue weighted by Crippen LogP contribution is -2.39. The van der Waals surface area contributed by atoms with E-state index in [1.54, 1.807) is 60.2 Å². The molecule has 2 fully saturated rings. The Bertz CT molecular complexity index is 2170. The number of amides is 3. The fraction of sp³-hybridized carbons (Fsp3) is 0.405. The highest BCUT2D eigenvalue weighted by molar-refractivity contribution is 7.89. The maximum absolute atomic E-state index is 13.0. The summed E-state index contributed by atoms with van der Waals surface area (Å²) < 4.78 is 35.9. The number of hydrogen-bond acceptors (Lipinski definition) is 10. The minimum atomic E-state index is -3.76. The van der Waals surface area contributed by atoms with Crippen LogP contribution < -0.4 is 31.0 Å². The molecule has 2 aromatic carbocycles. The monoisotopic (exact) mass is 763 g/mol. The molecule has 2 aliphatic rings. The molecule has 0 bridgehead atoms. The van der Waals surface area contributed by atoms with E-state index in [0.29, 0.717) is 66.7 Å². The molecule has 14 nitrogen and oxygen atoms in total. The van der Waals surface area contributed by atoms with Crippen molar-refractivity contribution in [3.8, 4) is 5.75 Å². The van der Waals surface area contributed by atoms with Gasteiger partial charge in [0.15, 0.2) is 6.61 Å². The van der Waals surface area contributed by atoms with Gasteiger partial charge >= 0.3 is 0 Å². The van der Waals surface area contributed by atoms with Crippen LogP contribution in [-0.2, 0) is 24.4 Å². The van der Waals surface area contributed by atoms with E-state index in [-0.39, 0.29) is 64.3 Å². The number of imide groups is 1. The van der Waals surface area contributed by atoms with Crippen molar-refractivity contribution < 1.29 is 27.5 Å². The van der Waals surface area contributed by atoms with Crippen LogP contribution in [0.25, 0.3) is 11.0 Å². The van der Waals surface area contributed by atoms with Gasteiger partial charge in [-0.2, -0.15) is 4.98 Å². The molecule has 1 atom stereocenters. The topological polar surface area (TPSA) is 190 Å². The number of unbranched alkanes of at least 4 members (excludes halogenated alkanes) is 2. The van der Waals surface area contributed by atoms with E-state index in [2.05, 4.69) is 30.6 Å². The number of hydrogen-bond donors (Lipinski definition) is 4. The number of carbonyl (C=O) groups excluding carboxylic acids is 3. The Morgan fingerprint density at radius 2 is 1.75 bits per heavy atom. The van der Waals surface area contributed by atoms with E-state index in [4.69, 9.17) is 16.3 Å². The molecule has 3 heterocycles. The maximum Gasteiger partial charge on any atom is 0.271 e. The highest BCUT2D eigenvalue weighted by Gasteiger charge is 2.28. The number of nitrogens with one attached hydrogen (secondary N) is 4. The number of pyridine rings is 1. The summed E-state index contributed by atoms with van der Waals surface area (Å²) in [4.78, 5) is 57.8. The van der Waals surface area contributed by atoms with Crippen molar-refractivity contribution in [2.75, 3.05) is 25.0 Å². The average molecular weight is 764 g/mol. The molecule has 1 saturated heterocycles. The largest absolute Gasteiger partial charge is 0.484 e. The molecular weight excluding hydrogens is 722 g/mol. The van der Waals surface area contributed by atoms with Gasteiger partial charge in [-0.15, -0.1) is 0 Å². The van der Waals surface area contributed by atoms with E-state index < -0.39 is 10.0 Å². The molecule has 0 radical (unpaired) electrons. The summed E-state index contributed by atoms with van der Waals surface area (Å²) in [6.07, 6.45) is 8.17. The molecule has 4 aromatic rings. The second-order valence-corrected chi connectivity index (χ2v) is 15.5. The van der Waals surface area contributed by atoms with Gasteiger partial charge in [-0.3, -0.25) is 29.1 Å². The van der Waals surface area contributed by atoms with Crippen LogP contribution in [0.3, 0.4) is 0 Å². The first-order valence-corrected chi connectivity index (χ1v) is 19.6. The van der Waals surface area contributed by atoms with Gasteiger partial charge in [0.2, 0.25) is 27.8 Å². The normalized spacial score (nSPS) is 16.5. The van der Waals surface area contributed by atoms with Gasteiger partial charge in [-0.25, -0.2) is 18.1 Å². The van der Waals surface area contributed by atoms with Gasteiger partial charge in [-0.1, -0.05) is 43.0 Å². The second kappa shape index (κ2) is 16.9. The number of benzene rings is 2. The summed E-state index contributed by atoms with van der Waals surface area (Å²) in [6, 6.07) is 13.2. The second-order valence-electron chi connectivity index (χ2n) is 13.3. The average Bonchev–Trinajstić information content (AvgIpc) is 3.67. The summed E-state index contributed by atoms with van der Waals surface area (Å²) >= 11 is 6.24. The molecule has 1 aliphatic carbocycles. The fourth-order valence-corrected chi connectivity index (χ4v) is 8.03. The van der Waals surface area contributed by atoms with Gasteiger partial charge < -0.3 is 15.4 Å². The van der Waals surface area contributed by atoms with Crippen LogP contribution in [0.1, 0.15) is 80.9 Å².